The van der Waals surface area contributed by atoms with Gasteiger partial charge in [-0.05, 0) is 64.6 Å². The van der Waals surface area contributed by atoms with Crippen LogP contribution in [-0.4, -0.2) is 72.1 Å². The van der Waals surface area contributed by atoms with E-state index in [1.54, 1.807) is 0 Å². The van der Waals surface area contributed by atoms with Crippen LogP contribution in [0.1, 0.15) is 63.2 Å². The number of rotatable bonds is 5. The minimum absolute atomic E-state index is 0.0429. The van der Waals surface area contributed by atoms with Crippen LogP contribution in [-0.2, 0) is 9.53 Å². The van der Waals surface area contributed by atoms with Crippen LogP contribution in [0.3, 0.4) is 0 Å². The minimum Gasteiger partial charge on any atom is -0.459 e. The molecule has 3 saturated heterocycles. The SMILES string of the molecule is CCNC(=O)Nc1sc(-c2ccccc2)cc1C(=O)N1CCC(N2CCCC3(C2)CC(C)(C)OC3=O)CC1. The molecule has 0 bridgehead atoms. The van der Waals surface area contributed by atoms with E-state index in [0.29, 0.717) is 36.2 Å². The predicted molar refractivity (Wildman–Crippen MR) is 149 cm³/mol. The normalized spacial score (nSPS) is 23.9. The number of nitrogens with zero attached hydrogens (tertiary/aromatic N) is 2. The summed E-state index contributed by atoms with van der Waals surface area (Å²) in [5.41, 5.74) is 0.765. The summed E-state index contributed by atoms with van der Waals surface area (Å²) >= 11 is 1.42. The Morgan fingerprint density at radius 2 is 1.87 bits per heavy atom. The number of benzene rings is 1. The van der Waals surface area contributed by atoms with E-state index in [2.05, 4.69) is 15.5 Å². The number of piperidine rings is 2. The van der Waals surface area contributed by atoms with Gasteiger partial charge in [0, 0.05) is 43.5 Å². The quantitative estimate of drug-likeness (QED) is 0.525. The van der Waals surface area contributed by atoms with Gasteiger partial charge in [-0.25, -0.2) is 4.79 Å². The smallest absolute Gasteiger partial charge is 0.319 e. The molecule has 3 fully saturated rings. The summed E-state index contributed by atoms with van der Waals surface area (Å²) in [5, 5.41) is 6.21. The number of urea groups is 1. The number of amides is 3. The fourth-order valence-corrected chi connectivity index (χ4v) is 7.42. The Bertz CT molecular complexity index is 1190. The van der Waals surface area contributed by atoms with Crippen molar-refractivity contribution in [3.05, 3.63) is 42.0 Å². The second-order valence-corrected chi connectivity index (χ2v) is 12.5. The average molecular weight is 539 g/mol. The van der Waals surface area contributed by atoms with E-state index in [-0.39, 0.29) is 17.9 Å². The van der Waals surface area contributed by atoms with Crippen molar-refractivity contribution in [1.82, 2.24) is 15.1 Å². The predicted octanol–water partition coefficient (Wildman–Crippen LogP) is 4.97. The topological polar surface area (TPSA) is 91.0 Å². The van der Waals surface area contributed by atoms with Crippen LogP contribution in [0.4, 0.5) is 9.80 Å². The molecule has 0 aliphatic carbocycles. The number of ether oxygens (including phenoxy) is 1. The van der Waals surface area contributed by atoms with Gasteiger partial charge in [0.15, 0.2) is 0 Å². The molecular formula is C29H38N4O4S. The molecule has 4 heterocycles. The third-order valence-corrected chi connectivity index (χ3v) is 9.13. The van der Waals surface area contributed by atoms with Crippen LogP contribution in [0.2, 0.25) is 0 Å². The Balaban J connectivity index is 1.27. The van der Waals surface area contributed by atoms with E-state index in [1.807, 2.05) is 62.1 Å². The number of nitrogens with one attached hydrogen (secondary N) is 2. The van der Waals surface area contributed by atoms with Gasteiger partial charge < -0.3 is 15.0 Å². The molecule has 0 radical (unpaired) electrons. The maximum absolute atomic E-state index is 13.7. The molecular weight excluding hydrogens is 500 g/mol. The molecule has 3 aliphatic heterocycles. The van der Waals surface area contributed by atoms with E-state index in [0.717, 1.165) is 55.6 Å². The van der Waals surface area contributed by atoms with Gasteiger partial charge in [-0.3, -0.25) is 19.8 Å². The van der Waals surface area contributed by atoms with Gasteiger partial charge in [0.25, 0.3) is 5.91 Å². The van der Waals surface area contributed by atoms with Crippen molar-refractivity contribution in [1.29, 1.82) is 0 Å². The highest BCUT2D eigenvalue weighted by Gasteiger charge is 2.54. The highest BCUT2D eigenvalue weighted by molar-refractivity contribution is 7.20. The van der Waals surface area contributed by atoms with Crippen molar-refractivity contribution in [3.8, 4) is 10.4 Å². The van der Waals surface area contributed by atoms with Gasteiger partial charge in [-0.1, -0.05) is 30.3 Å². The van der Waals surface area contributed by atoms with Gasteiger partial charge in [0.1, 0.15) is 10.6 Å². The number of hydrogen-bond donors (Lipinski definition) is 2. The molecule has 1 spiro atoms. The van der Waals surface area contributed by atoms with Crippen LogP contribution in [0, 0.1) is 5.41 Å². The monoisotopic (exact) mass is 538 g/mol. The molecule has 3 aliphatic rings. The molecule has 0 saturated carbocycles. The van der Waals surface area contributed by atoms with E-state index in [4.69, 9.17) is 4.74 Å². The third kappa shape index (κ3) is 5.45. The lowest BCUT2D eigenvalue weighted by Gasteiger charge is -2.44. The highest BCUT2D eigenvalue weighted by atomic mass is 32.1. The lowest BCUT2D eigenvalue weighted by Crippen LogP contribution is -2.53. The molecule has 1 aromatic carbocycles. The average Bonchev–Trinajstić information content (AvgIpc) is 3.41. The number of thiophene rings is 1. The molecule has 5 rings (SSSR count). The second kappa shape index (κ2) is 10.7. The number of likely N-dealkylation sites (tertiary alicyclic amines) is 2. The zero-order chi connectivity index (χ0) is 26.9. The van der Waals surface area contributed by atoms with Crippen molar-refractivity contribution in [2.75, 3.05) is 38.0 Å². The number of hydrogen-bond acceptors (Lipinski definition) is 6. The Kier molecular flexibility index (Phi) is 7.51. The Morgan fingerprint density at radius 3 is 2.53 bits per heavy atom. The summed E-state index contributed by atoms with van der Waals surface area (Å²) in [4.78, 5) is 44.1. The lowest BCUT2D eigenvalue weighted by molar-refractivity contribution is -0.154. The van der Waals surface area contributed by atoms with E-state index < -0.39 is 11.0 Å². The van der Waals surface area contributed by atoms with Crippen molar-refractivity contribution in [2.45, 2.75) is 64.5 Å². The number of carbonyl (C=O) groups is 3. The van der Waals surface area contributed by atoms with Gasteiger partial charge in [0.2, 0.25) is 0 Å². The summed E-state index contributed by atoms with van der Waals surface area (Å²) < 4.78 is 5.71. The van der Waals surface area contributed by atoms with Crippen LogP contribution in [0.25, 0.3) is 10.4 Å². The zero-order valence-electron chi connectivity index (χ0n) is 22.5. The number of cyclic esters (lactones) is 1. The molecule has 8 nitrogen and oxygen atoms in total. The molecule has 1 unspecified atom stereocenters. The molecule has 9 heteroatoms. The Labute approximate surface area is 228 Å². The largest absolute Gasteiger partial charge is 0.459 e. The van der Waals surface area contributed by atoms with Crippen LogP contribution in [0.15, 0.2) is 36.4 Å². The Morgan fingerprint density at radius 1 is 1.13 bits per heavy atom. The van der Waals surface area contributed by atoms with E-state index >= 15 is 0 Å². The third-order valence-electron chi connectivity index (χ3n) is 8.03. The van der Waals surface area contributed by atoms with Crippen molar-refractivity contribution >= 4 is 34.2 Å². The lowest BCUT2D eigenvalue weighted by atomic mass is 9.74. The van der Waals surface area contributed by atoms with Gasteiger partial charge in [-0.15, -0.1) is 11.3 Å². The fourth-order valence-electron chi connectivity index (χ4n) is 6.37. The fraction of sp³-hybridized carbons (Fsp3) is 0.552. The first-order valence-electron chi connectivity index (χ1n) is 13.7. The van der Waals surface area contributed by atoms with Crippen molar-refractivity contribution < 1.29 is 19.1 Å². The van der Waals surface area contributed by atoms with Crippen LogP contribution in [0.5, 0.6) is 0 Å². The molecule has 3 amide bonds. The van der Waals surface area contributed by atoms with Crippen LogP contribution < -0.4 is 10.6 Å². The molecule has 1 aromatic heterocycles. The zero-order valence-corrected chi connectivity index (χ0v) is 23.4. The first-order chi connectivity index (χ1) is 18.2. The maximum atomic E-state index is 13.7. The summed E-state index contributed by atoms with van der Waals surface area (Å²) in [7, 11) is 0. The Hall–Kier alpha value is -2.91. The van der Waals surface area contributed by atoms with E-state index in [9.17, 15) is 14.4 Å². The van der Waals surface area contributed by atoms with Crippen molar-refractivity contribution in [3.63, 3.8) is 0 Å². The van der Waals surface area contributed by atoms with Gasteiger partial charge in [0.05, 0.1) is 11.0 Å². The van der Waals surface area contributed by atoms with Gasteiger partial charge in [-0.2, -0.15) is 0 Å². The first kappa shape index (κ1) is 26.7. The first-order valence-corrected chi connectivity index (χ1v) is 14.5. The maximum Gasteiger partial charge on any atom is 0.319 e. The highest BCUT2D eigenvalue weighted by Crippen LogP contribution is 2.47. The molecule has 204 valence electrons. The summed E-state index contributed by atoms with van der Waals surface area (Å²) in [5.74, 6) is -0.0939. The molecule has 2 N–H and O–H groups in total. The number of carbonyl (C=O) groups excluding carboxylic acids is 3. The standard InChI is InChI=1S/C29H38N4O4S/c1-4-30-27(36)31-24-22(17-23(38-24)20-9-6-5-7-10-20)25(34)32-15-11-21(12-16-32)33-14-8-13-29(19-33)18-28(2,3)37-26(29)35/h5-7,9-10,17,21H,4,8,11-16,18-19H2,1-3H3,(H2,30,31,36). The van der Waals surface area contributed by atoms with Gasteiger partial charge >= 0.3 is 12.0 Å². The second-order valence-electron chi connectivity index (χ2n) is 11.4. The summed E-state index contributed by atoms with van der Waals surface area (Å²) in [6.45, 7) is 9.42. The minimum atomic E-state index is -0.394. The molecule has 2 aromatic rings. The van der Waals surface area contributed by atoms with E-state index in [1.165, 1.54) is 11.3 Å². The summed E-state index contributed by atoms with van der Waals surface area (Å²) in [6.07, 6.45) is 4.41. The summed E-state index contributed by atoms with van der Waals surface area (Å²) in [6, 6.07) is 11.9. The number of anilines is 1. The molecule has 38 heavy (non-hydrogen) atoms. The van der Waals surface area contributed by atoms with Crippen molar-refractivity contribution in [2.24, 2.45) is 5.41 Å². The van der Waals surface area contributed by atoms with Crippen LogP contribution >= 0.6 is 11.3 Å². The molecule has 1 atom stereocenters. The number of esters is 1.